The predicted molar refractivity (Wildman–Crippen MR) is 96.2 cm³/mol. The molecule has 0 unspecified atom stereocenters. The van der Waals surface area contributed by atoms with Gasteiger partial charge in [-0.1, -0.05) is 6.07 Å². The zero-order valence-corrected chi connectivity index (χ0v) is 14.6. The second-order valence-corrected chi connectivity index (χ2v) is 6.42. The second-order valence-electron chi connectivity index (χ2n) is 6.42. The first-order valence-corrected chi connectivity index (χ1v) is 8.79. The first kappa shape index (κ1) is 17.1. The largest absolute Gasteiger partial charge is 0.461 e. The monoisotopic (exact) mass is 369 g/mol. The lowest BCUT2D eigenvalue weighted by Gasteiger charge is -2.06. The summed E-state index contributed by atoms with van der Waals surface area (Å²) in [5.41, 5.74) is -0.451. The van der Waals surface area contributed by atoms with Gasteiger partial charge in [0.2, 0.25) is 11.7 Å². The zero-order chi connectivity index (χ0) is 18.8. The molecule has 4 rings (SSSR count). The first-order valence-electron chi connectivity index (χ1n) is 8.79. The van der Waals surface area contributed by atoms with E-state index < -0.39 is 0 Å². The Kier molecular flexibility index (Phi) is 4.49. The van der Waals surface area contributed by atoms with E-state index in [9.17, 15) is 14.4 Å². The molecule has 3 heterocycles. The van der Waals surface area contributed by atoms with E-state index in [1.807, 2.05) is 0 Å². The number of nitrogens with zero attached hydrogens (tertiary/aromatic N) is 4. The van der Waals surface area contributed by atoms with Crippen molar-refractivity contribution in [1.82, 2.24) is 24.2 Å². The number of nitrogens with one attached hydrogen (secondary N) is 1. The van der Waals surface area contributed by atoms with Gasteiger partial charge in [0.15, 0.2) is 5.76 Å². The van der Waals surface area contributed by atoms with Crippen LogP contribution in [0, 0.1) is 0 Å². The fraction of sp³-hybridized carbons (Fsp3) is 0.333. The Morgan fingerprint density at radius 3 is 2.78 bits per heavy atom. The predicted octanol–water partition coefficient (Wildman–Crippen LogP) is 0.618. The third kappa shape index (κ3) is 3.62. The van der Waals surface area contributed by atoms with Crippen molar-refractivity contribution >= 4 is 5.91 Å². The summed E-state index contributed by atoms with van der Waals surface area (Å²) >= 11 is 0. The second kappa shape index (κ2) is 7.10. The van der Waals surface area contributed by atoms with Gasteiger partial charge in [-0.25, -0.2) is 9.48 Å². The summed E-state index contributed by atoms with van der Waals surface area (Å²) in [7, 11) is 0. The van der Waals surface area contributed by atoms with E-state index in [1.165, 1.54) is 15.3 Å². The summed E-state index contributed by atoms with van der Waals surface area (Å²) in [5.74, 6) is 0.754. The Morgan fingerprint density at radius 2 is 2.07 bits per heavy atom. The van der Waals surface area contributed by atoms with Crippen molar-refractivity contribution in [2.75, 3.05) is 6.54 Å². The van der Waals surface area contributed by atoms with Gasteiger partial charge in [-0.2, -0.15) is 0 Å². The van der Waals surface area contributed by atoms with Crippen LogP contribution in [0.25, 0.3) is 11.6 Å². The van der Waals surface area contributed by atoms with Crippen LogP contribution in [0.3, 0.4) is 0 Å². The van der Waals surface area contributed by atoms with E-state index in [-0.39, 0.29) is 42.8 Å². The smallest absolute Gasteiger partial charge is 0.346 e. The normalized spacial score (nSPS) is 13.6. The van der Waals surface area contributed by atoms with Gasteiger partial charge < -0.3 is 14.3 Å². The molecule has 0 saturated heterocycles. The van der Waals surface area contributed by atoms with Crippen molar-refractivity contribution in [3.63, 3.8) is 0 Å². The minimum atomic E-state index is -0.302. The number of amides is 1. The Morgan fingerprint density at radius 1 is 1.22 bits per heavy atom. The number of hydrogen-bond acceptors (Lipinski definition) is 5. The maximum Gasteiger partial charge on any atom is 0.346 e. The van der Waals surface area contributed by atoms with Crippen LogP contribution in [-0.2, 0) is 17.9 Å². The van der Waals surface area contributed by atoms with Crippen molar-refractivity contribution in [2.24, 2.45) is 0 Å². The summed E-state index contributed by atoms with van der Waals surface area (Å²) in [6, 6.07) is 8.38. The summed E-state index contributed by atoms with van der Waals surface area (Å²) in [6.07, 6.45) is 4.99. The molecule has 140 valence electrons. The molecule has 9 heteroatoms. The van der Waals surface area contributed by atoms with E-state index in [0.717, 1.165) is 12.8 Å². The summed E-state index contributed by atoms with van der Waals surface area (Å²) in [5, 5.41) is 7.09. The summed E-state index contributed by atoms with van der Waals surface area (Å²) in [6.45, 7) is 0.407. The van der Waals surface area contributed by atoms with Crippen LogP contribution >= 0.6 is 0 Å². The molecule has 0 spiro atoms. The van der Waals surface area contributed by atoms with Crippen LogP contribution in [0.15, 0.2) is 56.8 Å². The van der Waals surface area contributed by atoms with Crippen LogP contribution in [0.5, 0.6) is 0 Å². The highest BCUT2D eigenvalue weighted by atomic mass is 16.3. The number of aromatic nitrogens is 4. The molecular weight excluding hydrogens is 350 g/mol. The molecular formula is C18H19N5O4. The van der Waals surface area contributed by atoms with Crippen LogP contribution in [0.4, 0.5) is 0 Å². The average Bonchev–Trinajstić information content (AvgIpc) is 3.23. The van der Waals surface area contributed by atoms with Crippen LogP contribution in [0.2, 0.25) is 0 Å². The van der Waals surface area contributed by atoms with Gasteiger partial charge in [-0.15, -0.1) is 5.10 Å². The number of furan rings is 1. The molecule has 0 atom stereocenters. The van der Waals surface area contributed by atoms with Crippen LogP contribution < -0.4 is 16.6 Å². The van der Waals surface area contributed by atoms with E-state index in [0.29, 0.717) is 11.6 Å². The van der Waals surface area contributed by atoms with E-state index in [4.69, 9.17) is 4.42 Å². The highest BCUT2D eigenvalue weighted by Gasteiger charge is 2.31. The van der Waals surface area contributed by atoms with Gasteiger partial charge in [0, 0.05) is 24.8 Å². The highest BCUT2D eigenvalue weighted by Crippen LogP contribution is 2.36. The highest BCUT2D eigenvalue weighted by molar-refractivity contribution is 5.75. The van der Waals surface area contributed by atoms with Gasteiger partial charge in [0.25, 0.3) is 5.56 Å². The minimum Gasteiger partial charge on any atom is -0.461 e. The molecule has 3 aromatic heterocycles. The molecule has 1 amide bonds. The molecule has 1 saturated carbocycles. The van der Waals surface area contributed by atoms with Gasteiger partial charge in [0.05, 0.1) is 12.8 Å². The molecule has 0 aliphatic heterocycles. The molecule has 0 aromatic carbocycles. The third-order valence-corrected chi connectivity index (χ3v) is 4.38. The molecule has 27 heavy (non-hydrogen) atoms. The topological polar surface area (TPSA) is 104 Å². The van der Waals surface area contributed by atoms with Gasteiger partial charge in [-0.3, -0.25) is 14.2 Å². The van der Waals surface area contributed by atoms with Gasteiger partial charge in [0.1, 0.15) is 6.54 Å². The quantitative estimate of drug-likeness (QED) is 0.657. The van der Waals surface area contributed by atoms with Crippen molar-refractivity contribution in [2.45, 2.75) is 32.0 Å². The Balaban J connectivity index is 1.42. The number of rotatable bonds is 7. The summed E-state index contributed by atoms with van der Waals surface area (Å²) < 4.78 is 9.70. The molecule has 1 fully saturated rings. The van der Waals surface area contributed by atoms with Gasteiger partial charge in [-0.05, 0) is 31.0 Å². The third-order valence-electron chi connectivity index (χ3n) is 4.38. The molecule has 0 radical (unpaired) electrons. The van der Waals surface area contributed by atoms with E-state index in [2.05, 4.69) is 10.4 Å². The lowest BCUT2D eigenvalue weighted by molar-refractivity contribution is -0.121. The lowest BCUT2D eigenvalue weighted by Crippen LogP contribution is -2.35. The van der Waals surface area contributed by atoms with Gasteiger partial charge >= 0.3 is 5.69 Å². The summed E-state index contributed by atoms with van der Waals surface area (Å²) in [4.78, 5) is 36.3. The maximum atomic E-state index is 12.6. The number of carbonyl (C=O) groups excluding carboxylic acids is 1. The first-order chi connectivity index (χ1) is 13.1. The number of carbonyl (C=O) groups is 1. The lowest BCUT2D eigenvalue weighted by atomic mass is 10.4. The Hall–Kier alpha value is -3.36. The standard InChI is InChI=1S/C18H19N5O4/c24-15(12-21-9-2-1-5-16(21)25)19-8-10-22-18(26)23(13-6-7-13)17(20-22)14-4-3-11-27-14/h1-5,9,11,13H,6-8,10,12H2,(H,19,24). The van der Waals surface area contributed by atoms with E-state index in [1.54, 1.807) is 41.3 Å². The zero-order valence-electron chi connectivity index (χ0n) is 14.6. The molecule has 1 aliphatic carbocycles. The molecule has 3 aromatic rings. The van der Waals surface area contributed by atoms with Crippen LogP contribution in [0.1, 0.15) is 18.9 Å². The molecule has 9 nitrogen and oxygen atoms in total. The number of pyridine rings is 1. The molecule has 0 bridgehead atoms. The SMILES string of the molecule is O=C(Cn1ccccc1=O)NCCn1nc(-c2ccco2)n(C2CC2)c1=O. The van der Waals surface area contributed by atoms with Crippen molar-refractivity contribution in [3.8, 4) is 11.6 Å². The van der Waals surface area contributed by atoms with Crippen LogP contribution in [-0.4, -0.2) is 31.4 Å². The molecule has 1 N–H and O–H groups in total. The van der Waals surface area contributed by atoms with Crippen molar-refractivity contribution in [3.05, 3.63) is 63.6 Å². The maximum absolute atomic E-state index is 12.6. The fourth-order valence-electron chi connectivity index (χ4n) is 2.90. The Bertz CT molecular complexity index is 1060. The molecule has 1 aliphatic rings. The minimum absolute atomic E-state index is 0.0667. The van der Waals surface area contributed by atoms with Crippen molar-refractivity contribution in [1.29, 1.82) is 0 Å². The fourth-order valence-corrected chi connectivity index (χ4v) is 2.90. The Labute approximate surface area is 153 Å². The average molecular weight is 369 g/mol. The van der Waals surface area contributed by atoms with E-state index >= 15 is 0 Å². The number of hydrogen-bond donors (Lipinski definition) is 1. The van der Waals surface area contributed by atoms with Crippen molar-refractivity contribution < 1.29 is 9.21 Å².